The molecule has 0 spiro atoms. The van der Waals surface area contributed by atoms with Crippen molar-refractivity contribution in [3.63, 3.8) is 0 Å². The van der Waals surface area contributed by atoms with Gasteiger partial charge in [-0.15, -0.1) is 0 Å². The van der Waals surface area contributed by atoms with Crippen LogP contribution in [0, 0.1) is 6.92 Å². The topological polar surface area (TPSA) is 54.3 Å². The SMILES string of the molecule is Cc1c2n(ccc1=O)NCN([C@H](C)C(F)(F)F)C2=O. The van der Waals surface area contributed by atoms with Gasteiger partial charge in [-0.25, -0.2) is 0 Å². The highest BCUT2D eigenvalue weighted by molar-refractivity contribution is 5.95. The largest absolute Gasteiger partial charge is 0.408 e. The lowest BCUT2D eigenvalue weighted by molar-refractivity contribution is -0.172. The number of nitrogens with one attached hydrogen (secondary N) is 1. The van der Waals surface area contributed by atoms with Gasteiger partial charge >= 0.3 is 6.18 Å². The molecule has 1 aliphatic heterocycles. The van der Waals surface area contributed by atoms with Gasteiger partial charge in [-0.2, -0.15) is 13.2 Å². The third kappa shape index (κ3) is 2.18. The van der Waals surface area contributed by atoms with Crippen LogP contribution in [-0.2, 0) is 0 Å². The van der Waals surface area contributed by atoms with Crippen molar-refractivity contribution in [2.75, 3.05) is 12.1 Å². The molecule has 0 aliphatic carbocycles. The fourth-order valence-corrected chi connectivity index (χ4v) is 1.88. The van der Waals surface area contributed by atoms with Gasteiger partial charge in [-0.05, 0) is 13.8 Å². The molecule has 1 aromatic heterocycles. The zero-order valence-corrected chi connectivity index (χ0v) is 10.3. The normalized spacial score (nSPS) is 16.9. The maximum Gasteiger partial charge on any atom is 0.408 e. The van der Waals surface area contributed by atoms with Gasteiger partial charge in [-0.3, -0.25) is 14.3 Å². The number of hydrogen-bond acceptors (Lipinski definition) is 3. The molecule has 19 heavy (non-hydrogen) atoms. The van der Waals surface area contributed by atoms with Crippen LogP contribution in [0.15, 0.2) is 17.1 Å². The van der Waals surface area contributed by atoms with Crippen LogP contribution in [-0.4, -0.2) is 34.4 Å². The van der Waals surface area contributed by atoms with Crippen LogP contribution in [0.25, 0.3) is 0 Å². The highest BCUT2D eigenvalue weighted by Gasteiger charge is 2.44. The summed E-state index contributed by atoms with van der Waals surface area (Å²) in [5.74, 6) is -0.807. The number of carbonyl (C=O) groups is 1. The van der Waals surface area contributed by atoms with E-state index in [1.165, 1.54) is 23.9 Å². The van der Waals surface area contributed by atoms with Gasteiger partial charge in [0.2, 0.25) is 0 Å². The molecular formula is C11H12F3N3O2. The van der Waals surface area contributed by atoms with Crippen molar-refractivity contribution >= 4 is 5.91 Å². The van der Waals surface area contributed by atoms with Crippen molar-refractivity contribution in [2.24, 2.45) is 0 Å². The van der Waals surface area contributed by atoms with E-state index in [0.717, 1.165) is 6.92 Å². The Morgan fingerprint density at radius 1 is 1.37 bits per heavy atom. The van der Waals surface area contributed by atoms with Gasteiger partial charge in [0.15, 0.2) is 5.43 Å². The Kier molecular flexibility index (Phi) is 3.03. The number of rotatable bonds is 1. The first kappa shape index (κ1) is 13.4. The number of hydrogen-bond donors (Lipinski definition) is 1. The van der Waals surface area contributed by atoms with Gasteiger partial charge in [0.05, 0.1) is 0 Å². The minimum Gasteiger partial charge on any atom is -0.307 e. The van der Waals surface area contributed by atoms with Crippen molar-refractivity contribution in [3.05, 3.63) is 33.7 Å². The van der Waals surface area contributed by atoms with Crippen LogP contribution in [0.1, 0.15) is 23.0 Å². The zero-order chi connectivity index (χ0) is 14.4. The van der Waals surface area contributed by atoms with Gasteiger partial charge in [0, 0.05) is 17.8 Å². The van der Waals surface area contributed by atoms with Crippen molar-refractivity contribution in [2.45, 2.75) is 26.1 Å². The number of amides is 1. The minimum absolute atomic E-state index is 0.0603. The molecule has 0 saturated carbocycles. The van der Waals surface area contributed by atoms with Gasteiger partial charge < -0.3 is 10.3 Å². The third-order valence-corrected chi connectivity index (χ3v) is 3.16. The van der Waals surface area contributed by atoms with Crippen molar-refractivity contribution in [1.82, 2.24) is 9.58 Å². The molecule has 1 aliphatic rings. The first-order chi connectivity index (χ1) is 8.73. The van der Waals surface area contributed by atoms with Crippen molar-refractivity contribution in [3.8, 4) is 0 Å². The van der Waals surface area contributed by atoms with Crippen molar-refractivity contribution in [1.29, 1.82) is 0 Å². The average Bonchev–Trinajstić information content (AvgIpc) is 2.32. The Labute approximate surface area is 106 Å². The number of aromatic nitrogens is 1. The molecule has 1 amide bonds. The van der Waals surface area contributed by atoms with E-state index >= 15 is 0 Å². The lowest BCUT2D eigenvalue weighted by atomic mass is 10.1. The van der Waals surface area contributed by atoms with Crippen LogP contribution in [0.4, 0.5) is 13.2 Å². The molecule has 1 atom stereocenters. The Morgan fingerprint density at radius 2 is 2.00 bits per heavy atom. The first-order valence-electron chi connectivity index (χ1n) is 5.57. The summed E-state index contributed by atoms with van der Waals surface area (Å²) in [5.41, 5.74) is 2.32. The van der Waals surface area contributed by atoms with Crippen LogP contribution in [0.5, 0.6) is 0 Å². The maximum atomic E-state index is 12.7. The molecule has 104 valence electrons. The highest BCUT2D eigenvalue weighted by Crippen LogP contribution is 2.26. The summed E-state index contributed by atoms with van der Waals surface area (Å²) >= 11 is 0. The second kappa shape index (κ2) is 4.29. The van der Waals surface area contributed by atoms with E-state index in [9.17, 15) is 22.8 Å². The quantitative estimate of drug-likeness (QED) is 0.834. The third-order valence-electron chi connectivity index (χ3n) is 3.16. The molecule has 1 aromatic rings. The Hall–Kier alpha value is -1.99. The van der Waals surface area contributed by atoms with Crippen LogP contribution < -0.4 is 10.9 Å². The number of halogens is 3. The van der Waals surface area contributed by atoms with E-state index in [1.807, 2.05) is 0 Å². The Balaban J connectivity index is 2.45. The summed E-state index contributed by atoms with van der Waals surface area (Å²) in [6.07, 6.45) is -3.18. The summed E-state index contributed by atoms with van der Waals surface area (Å²) in [5, 5.41) is 0. The second-order valence-electron chi connectivity index (χ2n) is 4.33. The number of alkyl halides is 3. The molecule has 2 rings (SSSR count). The molecule has 8 heteroatoms. The van der Waals surface area contributed by atoms with E-state index < -0.39 is 18.1 Å². The fourth-order valence-electron chi connectivity index (χ4n) is 1.88. The van der Waals surface area contributed by atoms with E-state index in [2.05, 4.69) is 5.43 Å². The van der Waals surface area contributed by atoms with Gasteiger partial charge in [0.25, 0.3) is 5.91 Å². The van der Waals surface area contributed by atoms with Crippen LogP contribution in [0.3, 0.4) is 0 Å². The Morgan fingerprint density at radius 3 is 2.58 bits per heavy atom. The number of fused-ring (bicyclic) bond motifs is 1. The second-order valence-corrected chi connectivity index (χ2v) is 4.33. The minimum atomic E-state index is -4.51. The van der Waals surface area contributed by atoms with E-state index in [1.54, 1.807) is 0 Å². The summed E-state index contributed by atoms with van der Waals surface area (Å²) in [6.45, 7) is 2.05. The monoisotopic (exact) mass is 275 g/mol. The molecule has 0 bridgehead atoms. The van der Waals surface area contributed by atoms with Gasteiger partial charge in [0.1, 0.15) is 18.4 Å². The fraction of sp³-hybridized carbons (Fsp3) is 0.455. The van der Waals surface area contributed by atoms with E-state index in [-0.39, 0.29) is 23.4 Å². The smallest absolute Gasteiger partial charge is 0.307 e. The lowest BCUT2D eigenvalue weighted by Crippen LogP contribution is -2.54. The summed E-state index contributed by atoms with van der Waals surface area (Å²) in [7, 11) is 0. The van der Waals surface area contributed by atoms with E-state index in [0.29, 0.717) is 4.90 Å². The molecule has 0 unspecified atom stereocenters. The predicted octanol–water partition coefficient (Wildman–Crippen LogP) is 1.06. The Bertz CT molecular complexity index is 580. The summed E-state index contributed by atoms with van der Waals surface area (Å²) in [4.78, 5) is 24.2. The summed E-state index contributed by atoms with van der Waals surface area (Å²) < 4.78 is 39.3. The average molecular weight is 275 g/mol. The van der Waals surface area contributed by atoms with Gasteiger partial charge in [-0.1, -0.05) is 0 Å². The number of nitrogens with zero attached hydrogens (tertiary/aromatic N) is 2. The standard InChI is InChI=1S/C11H12F3N3O2/c1-6-8(18)3-4-17-9(6)10(19)16(5-15-17)7(2)11(12,13)14/h3-4,7,15H,5H2,1-2H3/t7-/m1/s1. The molecule has 5 nitrogen and oxygen atoms in total. The van der Waals surface area contributed by atoms with Crippen molar-refractivity contribution < 1.29 is 18.0 Å². The molecular weight excluding hydrogens is 263 g/mol. The van der Waals surface area contributed by atoms with Crippen LogP contribution >= 0.6 is 0 Å². The predicted molar refractivity (Wildman–Crippen MR) is 61.4 cm³/mol. The molecule has 0 radical (unpaired) electrons. The van der Waals surface area contributed by atoms with Crippen LogP contribution in [0.2, 0.25) is 0 Å². The van der Waals surface area contributed by atoms with E-state index in [4.69, 9.17) is 0 Å². The first-order valence-corrected chi connectivity index (χ1v) is 5.57. The number of pyridine rings is 1. The summed E-state index contributed by atoms with van der Waals surface area (Å²) in [6, 6.07) is -0.668. The highest BCUT2D eigenvalue weighted by atomic mass is 19.4. The number of carbonyl (C=O) groups excluding carboxylic acids is 1. The molecule has 2 heterocycles. The molecule has 0 saturated heterocycles. The molecule has 1 N–H and O–H groups in total. The molecule has 0 fully saturated rings. The molecule has 0 aromatic carbocycles. The lowest BCUT2D eigenvalue weighted by Gasteiger charge is -2.36. The zero-order valence-electron chi connectivity index (χ0n) is 10.3. The maximum absolute atomic E-state index is 12.7.